The summed E-state index contributed by atoms with van der Waals surface area (Å²) in [5.74, 6) is -1.38. The van der Waals surface area contributed by atoms with Crippen LogP contribution < -0.4 is 4.72 Å². The van der Waals surface area contributed by atoms with Gasteiger partial charge in [0.2, 0.25) is 10.0 Å². The van der Waals surface area contributed by atoms with E-state index in [1.807, 2.05) is 6.92 Å². The van der Waals surface area contributed by atoms with Gasteiger partial charge in [-0.25, -0.2) is 17.9 Å². The van der Waals surface area contributed by atoms with Gasteiger partial charge in [-0.3, -0.25) is 5.10 Å². The predicted octanol–water partition coefficient (Wildman–Crippen LogP) is 0.262. The molecule has 3 N–H and O–H groups in total. The summed E-state index contributed by atoms with van der Waals surface area (Å²) in [5, 5.41) is 14.9. The van der Waals surface area contributed by atoms with Crippen molar-refractivity contribution in [1.82, 2.24) is 14.9 Å². The second kappa shape index (κ2) is 5.51. The molecule has 2 heterocycles. The minimum absolute atomic E-state index is 0.0270. The molecule has 1 aliphatic heterocycles. The van der Waals surface area contributed by atoms with Crippen LogP contribution in [0.1, 0.15) is 35.9 Å². The maximum Gasteiger partial charge on any atom is 0.357 e. The molecule has 2 atom stereocenters. The first-order chi connectivity index (χ1) is 9.31. The van der Waals surface area contributed by atoms with Crippen molar-refractivity contribution in [2.24, 2.45) is 0 Å². The molecule has 0 aromatic carbocycles. The van der Waals surface area contributed by atoms with E-state index >= 15 is 0 Å². The van der Waals surface area contributed by atoms with Crippen molar-refractivity contribution in [3.63, 3.8) is 0 Å². The second-order valence-electron chi connectivity index (χ2n) is 4.86. The zero-order valence-corrected chi connectivity index (χ0v) is 12.0. The molecule has 0 saturated carbocycles. The normalized spacial score (nSPS) is 23.7. The van der Waals surface area contributed by atoms with E-state index < -0.39 is 21.7 Å². The number of aromatic carboxylic acids is 1. The highest BCUT2D eigenvalue weighted by atomic mass is 32.2. The molecule has 8 nitrogen and oxygen atoms in total. The van der Waals surface area contributed by atoms with E-state index in [1.54, 1.807) is 0 Å². The van der Waals surface area contributed by atoms with Gasteiger partial charge in [-0.1, -0.05) is 0 Å². The largest absolute Gasteiger partial charge is 0.476 e. The minimum atomic E-state index is -3.93. The quantitative estimate of drug-likeness (QED) is 0.733. The lowest BCUT2D eigenvalue weighted by atomic mass is 10.1. The molecular formula is C11H17N3O5S. The molecule has 9 heteroatoms. The Morgan fingerprint density at radius 2 is 2.25 bits per heavy atom. The summed E-state index contributed by atoms with van der Waals surface area (Å²) in [6, 6.07) is -0.264. The van der Waals surface area contributed by atoms with Gasteiger partial charge in [0.1, 0.15) is 4.90 Å². The van der Waals surface area contributed by atoms with Crippen molar-refractivity contribution >= 4 is 16.0 Å². The van der Waals surface area contributed by atoms with Gasteiger partial charge >= 0.3 is 5.97 Å². The van der Waals surface area contributed by atoms with Crippen LogP contribution in [0.4, 0.5) is 0 Å². The van der Waals surface area contributed by atoms with Gasteiger partial charge in [-0.15, -0.1) is 0 Å². The number of aromatic nitrogens is 2. The molecular weight excluding hydrogens is 286 g/mol. The summed E-state index contributed by atoms with van der Waals surface area (Å²) in [5.41, 5.74) is -0.287. The first-order valence-corrected chi connectivity index (χ1v) is 7.71. The number of sulfonamides is 1. The molecule has 1 aliphatic rings. The van der Waals surface area contributed by atoms with Crippen LogP contribution in [0.15, 0.2) is 4.90 Å². The van der Waals surface area contributed by atoms with Crippen LogP contribution in [0.5, 0.6) is 0 Å². The molecule has 0 aliphatic carbocycles. The first-order valence-electron chi connectivity index (χ1n) is 6.23. The van der Waals surface area contributed by atoms with Gasteiger partial charge in [-0.05, 0) is 26.7 Å². The molecule has 20 heavy (non-hydrogen) atoms. The molecule has 0 amide bonds. The van der Waals surface area contributed by atoms with E-state index in [0.29, 0.717) is 19.4 Å². The molecule has 1 saturated heterocycles. The third-order valence-corrected chi connectivity index (χ3v) is 4.85. The monoisotopic (exact) mass is 303 g/mol. The van der Waals surface area contributed by atoms with E-state index in [9.17, 15) is 13.2 Å². The predicted molar refractivity (Wildman–Crippen MR) is 69.0 cm³/mol. The van der Waals surface area contributed by atoms with Crippen LogP contribution in [-0.2, 0) is 14.8 Å². The Kier molecular flexibility index (Phi) is 4.11. The number of hydrogen-bond acceptors (Lipinski definition) is 5. The number of carboxylic acid groups (broad SMARTS) is 1. The van der Waals surface area contributed by atoms with E-state index in [0.717, 1.165) is 0 Å². The van der Waals surface area contributed by atoms with Crippen LogP contribution in [0.2, 0.25) is 0 Å². The fourth-order valence-electron chi connectivity index (χ4n) is 2.28. The Balaban J connectivity index is 2.26. The Morgan fingerprint density at radius 3 is 2.85 bits per heavy atom. The first kappa shape index (κ1) is 14.9. The molecule has 2 unspecified atom stereocenters. The lowest BCUT2D eigenvalue weighted by Gasteiger charge is -2.27. The summed E-state index contributed by atoms with van der Waals surface area (Å²) in [6.07, 6.45) is 1.09. The second-order valence-corrected chi connectivity index (χ2v) is 6.51. The summed E-state index contributed by atoms with van der Waals surface area (Å²) in [6.45, 7) is 3.82. The van der Waals surface area contributed by atoms with Crippen molar-refractivity contribution in [2.75, 3.05) is 6.61 Å². The zero-order valence-electron chi connectivity index (χ0n) is 11.2. The average Bonchev–Trinajstić information content (AvgIpc) is 2.71. The number of carbonyl (C=O) groups is 1. The van der Waals surface area contributed by atoms with E-state index in [1.165, 1.54) is 6.92 Å². The van der Waals surface area contributed by atoms with Crippen molar-refractivity contribution in [1.29, 1.82) is 0 Å². The van der Waals surface area contributed by atoms with E-state index in [2.05, 4.69) is 14.9 Å². The third kappa shape index (κ3) is 3.00. The van der Waals surface area contributed by atoms with Gasteiger partial charge in [0.05, 0.1) is 11.8 Å². The summed E-state index contributed by atoms with van der Waals surface area (Å²) >= 11 is 0. The van der Waals surface area contributed by atoms with E-state index in [-0.39, 0.29) is 22.7 Å². The highest BCUT2D eigenvalue weighted by molar-refractivity contribution is 7.89. The lowest BCUT2D eigenvalue weighted by molar-refractivity contribution is 0.0173. The molecule has 112 valence electrons. The number of nitrogens with zero attached hydrogens (tertiary/aromatic N) is 1. The van der Waals surface area contributed by atoms with Crippen LogP contribution in [-0.4, -0.2) is 48.4 Å². The maximum atomic E-state index is 12.3. The topological polar surface area (TPSA) is 121 Å². The third-order valence-electron chi connectivity index (χ3n) is 3.17. The molecule has 1 aromatic rings. The Labute approximate surface area is 116 Å². The van der Waals surface area contributed by atoms with Gasteiger partial charge in [0, 0.05) is 12.6 Å². The molecule has 2 rings (SSSR count). The van der Waals surface area contributed by atoms with Gasteiger partial charge in [0.25, 0.3) is 0 Å². The fourth-order valence-corrected chi connectivity index (χ4v) is 3.88. The van der Waals surface area contributed by atoms with Gasteiger partial charge in [-0.2, -0.15) is 5.10 Å². The highest BCUT2D eigenvalue weighted by Crippen LogP contribution is 2.21. The van der Waals surface area contributed by atoms with Crippen molar-refractivity contribution in [2.45, 2.75) is 43.7 Å². The molecule has 0 bridgehead atoms. The standard InChI is InChI=1S/C11H17N3O5S/c1-6-5-8(3-4-19-6)14-20(17,18)10-7(2)12-13-9(10)11(15)16/h6,8,14H,3-5H2,1-2H3,(H,12,13)(H,15,16). The van der Waals surface area contributed by atoms with Crippen molar-refractivity contribution in [3.05, 3.63) is 11.4 Å². The lowest BCUT2D eigenvalue weighted by Crippen LogP contribution is -2.41. The Hall–Kier alpha value is -1.45. The number of H-pyrrole nitrogens is 1. The highest BCUT2D eigenvalue weighted by Gasteiger charge is 2.31. The van der Waals surface area contributed by atoms with Crippen LogP contribution >= 0.6 is 0 Å². The maximum absolute atomic E-state index is 12.3. The molecule has 0 spiro atoms. The SMILES string of the molecule is Cc1[nH]nc(C(=O)O)c1S(=O)(=O)NC1CCOC(C)C1. The summed E-state index contributed by atoms with van der Waals surface area (Å²) in [4.78, 5) is 10.7. The molecule has 0 radical (unpaired) electrons. The smallest absolute Gasteiger partial charge is 0.357 e. The number of aryl methyl sites for hydroxylation is 1. The fraction of sp³-hybridized carbons (Fsp3) is 0.636. The molecule has 1 aromatic heterocycles. The van der Waals surface area contributed by atoms with Crippen LogP contribution in [0.3, 0.4) is 0 Å². The zero-order chi connectivity index (χ0) is 14.9. The van der Waals surface area contributed by atoms with Crippen LogP contribution in [0, 0.1) is 6.92 Å². The number of hydrogen-bond donors (Lipinski definition) is 3. The molecule has 1 fully saturated rings. The van der Waals surface area contributed by atoms with E-state index in [4.69, 9.17) is 9.84 Å². The van der Waals surface area contributed by atoms with Gasteiger partial charge < -0.3 is 9.84 Å². The summed E-state index contributed by atoms with van der Waals surface area (Å²) in [7, 11) is -3.93. The van der Waals surface area contributed by atoms with Crippen LogP contribution in [0.25, 0.3) is 0 Å². The van der Waals surface area contributed by atoms with Crippen molar-refractivity contribution < 1.29 is 23.1 Å². The summed E-state index contributed by atoms with van der Waals surface area (Å²) < 4.78 is 32.6. The average molecular weight is 303 g/mol. The van der Waals surface area contributed by atoms with Gasteiger partial charge in [0.15, 0.2) is 5.69 Å². The number of rotatable bonds is 4. The van der Waals surface area contributed by atoms with Crippen molar-refractivity contribution in [3.8, 4) is 0 Å². The number of carboxylic acids is 1. The number of ether oxygens (including phenoxy) is 1. The number of nitrogens with one attached hydrogen (secondary N) is 2. The Morgan fingerprint density at radius 1 is 1.55 bits per heavy atom. The Bertz CT molecular complexity index is 610. The minimum Gasteiger partial charge on any atom is -0.476 e. The number of aromatic amines is 1.